The number of benzene rings is 1. The smallest absolute Gasteiger partial charge is 0.160 e. The second-order valence-corrected chi connectivity index (χ2v) is 6.45. The number of halogens is 1. The molecule has 0 radical (unpaired) electrons. The highest BCUT2D eigenvalue weighted by Gasteiger charge is 2.11. The first-order valence-corrected chi connectivity index (χ1v) is 8.82. The monoisotopic (exact) mass is 378 g/mol. The Morgan fingerprint density at radius 3 is 2.79 bits per heavy atom. The minimum atomic E-state index is 0.753. The summed E-state index contributed by atoms with van der Waals surface area (Å²) in [6.45, 7) is 5.79. The summed E-state index contributed by atoms with van der Waals surface area (Å²) in [6, 6.07) is 8.10. The molecule has 1 heterocycles. The topological polar surface area (TPSA) is 25.8 Å². The molecule has 0 saturated heterocycles. The van der Waals surface area contributed by atoms with Gasteiger partial charge in [-0.05, 0) is 37.5 Å². The van der Waals surface area contributed by atoms with Gasteiger partial charge in [0.15, 0.2) is 5.82 Å². The third-order valence-corrected chi connectivity index (χ3v) is 4.40. The minimum absolute atomic E-state index is 0.753. The van der Waals surface area contributed by atoms with Crippen molar-refractivity contribution in [2.24, 2.45) is 0 Å². The number of hydrogen-bond donors (Lipinski definition) is 0. The molecule has 0 unspecified atom stereocenters. The highest BCUT2D eigenvalue weighted by atomic mass is 79.9. The first-order valence-electron chi connectivity index (χ1n) is 8.03. The average Bonchev–Trinajstić information content (AvgIpc) is 2.62. The van der Waals surface area contributed by atoms with E-state index in [4.69, 9.17) is 9.97 Å². The molecule has 3 heteroatoms. The van der Waals surface area contributed by atoms with E-state index in [2.05, 4.69) is 40.7 Å². The fraction of sp³-hybridized carbons (Fsp3) is 0.143. The van der Waals surface area contributed by atoms with Gasteiger partial charge in [0.05, 0.1) is 11.0 Å². The van der Waals surface area contributed by atoms with Crippen LogP contribution in [0.2, 0.25) is 0 Å². The van der Waals surface area contributed by atoms with Crippen LogP contribution in [0, 0.1) is 0 Å². The van der Waals surface area contributed by atoms with Crippen LogP contribution in [-0.4, -0.2) is 9.97 Å². The molecule has 2 aromatic rings. The Hall–Kier alpha value is -2.26. The molecule has 0 fully saturated rings. The largest absolute Gasteiger partial charge is 0.228 e. The molecule has 0 amide bonds. The van der Waals surface area contributed by atoms with Crippen molar-refractivity contribution < 1.29 is 0 Å². The van der Waals surface area contributed by atoms with E-state index in [1.165, 1.54) is 0 Å². The summed E-state index contributed by atoms with van der Waals surface area (Å²) in [5.74, 6) is 0.753. The van der Waals surface area contributed by atoms with Gasteiger partial charge in [0.1, 0.15) is 0 Å². The molecular formula is C21H19BrN2. The van der Waals surface area contributed by atoms with Gasteiger partial charge in [0, 0.05) is 15.3 Å². The van der Waals surface area contributed by atoms with Gasteiger partial charge in [0.25, 0.3) is 0 Å². The van der Waals surface area contributed by atoms with Crippen LogP contribution in [0.5, 0.6) is 0 Å². The zero-order valence-electron chi connectivity index (χ0n) is 13.7. The highest BCUT2D eigenvalue weighted by molar-refractivity contribution is 9.10. The lowest BCUT2D eigenvalue weighted by molar-refractivity contribution is 1.03. The normalized spacial score (nSPS) is 14.0. The molecule has 0 spiro atoms. The van der Waals surface area contributed by atoms with Crippen LogP contribution in [-0.2, 0) is 0 Å². The molecule has 24 heavy (non-hydrogen) atoms. The summed E-state index contributed by atoms with van der Waals surface area (Å²) in [7, 11) is 0. The lowest BCUT2D eigenvalue weighted by Gasteiger charge is -2.10. The summed E-state index contributed by atoms with van der Waals surface area (Å²) in [6.07, 6.45) is 14.3. The fourth-order valence-corrected chi connectivity index (χ4v) is 3.15. The molecule has 0 bridgehead atoms. The van der Waals surface area contributed by atoms with Crippen LogP contribution >= 0.6 is 15.9 Å². The van der Waals surface area contributed by atoms with Crippen molar-refractivity contribution in [3.05, 3.63) is 75.9 Å². The van der Waals surface area contributed by atoms with Crippen LogP contribution < -0.4 is 10.6 Å². The average molecular weight is 379 g/mol. The van der Waals surface area contributed by atoms with Gasteiger partial charge in [-0.1, -0.05) is 71.1 Å². The van der Waals surface area contributed by atoms with Crippen molar-refractivity contribution >= 4 is 33.7 Å². The maximum atomic E-state index is 4.88. The van der Waals surface area contributed by atoms with Gasteiger partial charge < -0.3 is 0 Å². The molecule has 1 aliphatic rings. The Morgan fingerprint density at radius 1 is 1.21 bits per heavy atom. The molecule has 0 saturated carbocycles. The van der Waals surface area contributed by atoms with Gasteiger partial charge in [-0.15, -0.1) is 0 Å². The van der Waals surface area contributed by atoms with Crippen LogP contribution in [0.25, 0.3) is 29.1 Å². The Balaban J connectivity index is 2.27. The fourth-order valence-electron chi connectivity index (χ4n) is 2.75. The van der Waals surface area contributed by atoms with Crippen molar-refractivity contribution in [1.29, 1.82) is 0 Å². The number of allylic oxidation sites excluding steroid dienone is 5. The number of rotatable bonds is 4. The maximum Gasteiger partial charge on any atom is 0.160 e. The molecule has 0 N–H and O–H groups in total. The van der Waals surface area contributed by atoms with Crippen molar-refractivity contribution in [1.82, 2.24) is 9.97 Å². The van der Waals surface area contributed by atoms with Gasteiger partial charge in [-0.25, -0.2) is 9.97 Å². The molecule has 1 aromatic carbocycles. The van der Waals surface area contributed by atoms with E-state index < -0.39 is 0 Å². The first-order chi connectivity index (χ1) is 11.7. The van der Waals surface area contributed by atoms with Crippen molar-refractivity contribution in [2.75, 3.05) is 0 Å². The molecule has 3 rings (SSSR count). The van der Waals surface area contributed by atoms with Crippen LogP contribution in [0.4, 0.5) is 0 Å². The summed E-state index contributed by atoms with van der Waals surface area (Å²) in [5.41, 5.74) is 3.07. The summed E-state index contributed by atoms with van der Waals surface area (Å²) in [4.78, 5) is 9.68. The van der Waals surface area contributed by atoms with Gasteiger partial charge in [-0.3, -0.25) is 0 Å². The highest BCUT2D eigenvalue weighted by Crippen LogP contribution is 2.20. The number of nitrogens with zero attached hydrogens (tertiary/aromatic N) is 2. The molecule has 0 aliphatic heterocycles. The van der Waals surface area contributed by atoms with E-state index in [0.717, 1.165) is 50.5 Å². The lowest BCUT2D eigenvalue weighted by Crippen LogP contribution is -2.35. The van der Waals surface area contributed by atoms with E-state index in [1.54, 1.807) is 6.08 Å². The lowest BCUT2D eigenvalue weighted by atomic mass is 10.0. The van der Waals surface area contributed by atoms with Gasteiger partial charge >= 0.3 is 0 Å². The summed E-state index contributed by atoms with van der Waals surface area (Å²) < 4.78 is 1.02. The molecule has 2 nitrogen and oxygen atoms in total. The molecule has 1 aromatic heterocycles. The third kappa shape index (κ3) is 3.46. The SMILES string of the molecule is C=C/C=C\C(=C/C)c1nc(-c2cccc(Br)c2)nc2c1=CCCC=2. The molecular weight excluding hydrogens is 360 g/mol. The zero-order chi connectivity index (χ0) is 16.9. The summed E-state index contributed by atoms with van der Waals surface area (Å²) in [5, 5.41) is 2.15. The Labute approximate surface area is 150 Å². The quantitative estimate of drug-likeness (QED) is 0.736. The van der Waals surface area contributed by atoms with Crippen molar-refractivity contribution in [2.45, 2.75) is 19.8 Å². The van der Waals surface area contributed by atoms with E-state index in [0.29, 0.717) is 0 Å². The predicted octanol–water partition coefficient (Wildman–Crippen LogP) is 4.41. The van der Waals surface area contributed by atoms with E-state index in [-0.39, 0.29) is 0 Å². The standard InChI is InChI=1S/C21H19BrN2/c1-3-5-9-15(4-2)20-18-12-6-7-13-19(18)23-21(24-20)16-10-8-11-17(22)14-16/h3-5,8-14H,1,6-7H2,2H3/b9-5-,15-4+. The van der Waals surface area contributed by atoms with Gasteiger partial charge in [-0.2, -0.15) is 0 Å². The number of hydrogen-bond acceptors (Lipinski definition) is 2. The second kappa shape index (κ2) is 7.54. The van der Waals surface area contributed by atoms with Crippen LogP contribution in [0.1, 0.15) is 25.5 Å². The van der Waals surface area contributed by atoms with Crippen LogP contribution in [0.15, 0.2) is 59.6 Å². The number of aromatic nitrogens is 2. The van der Waals surface area contributed by atoms with Crippen molar-refractivity contribution in [3.8, 4) is 11.4 Å². The first kappa shape index (κ1) is 16.6. The molecule has 1 aliphatic carbocycles. The summed E-state index contributed by atoms with van der Waals surface area (Å²) >= 11 is 3.53. The van der Waals surface area contributed by atoms with E-state index >= 15 is 0 Å². The van der Waals surface area contributed by atoms with E-state index in [9.17, 15) is 0 Å². The van der Waals surface area contributed by atoms with Gasteiger partial charge in [0.2, 0.25) is 0 Å². The minimum Gasteiger partial charge on any atom is -0.228 e. The van der Waals surface area contributed by atoms with Crippen LogP contribution in [0.3, 0.4) is 0 Å². The Kier molecular flexibility index (Phi) is 5.21. The second-order valence-electron chi connectivity index (χ2n) is 5.53. The third-order valence-electron chi connectivity index (χ3n) is 3.91. The van der Waals surface area contributed by atoms with Crippen molar-refractivity contribution in [3.63, 3.8) is 0 Å². The number of fused-ring (bicyclic) bond motifs is 1. The Morgan fingerprint density at radius 2 is 2.04 bits per heavy atom. The molecule has 120 valence electrons. The van der Waals surface area contributed by atoms with E-state index in [1.807, 2.05) is 43.3 Å². The predicted molar refractivity (Wildman–Crippen MR) is 106 cm³/mol. The zero-order valence-corrected chi connectivity index (χ0v) is 15.3. The Bertz CT molecular complexity index is 952. The molecule has 0 atom stereocenters. The maximum absolute atomic E-state index is 4.88.